The maximum Gasteiger partial charge on any atom is 0.131 e. The highest BCUT2D eigenvalue weighted by molar-refractivity contribution is 5.31. The van der Waals surface area contributed by atoms with E-state index in [1.54, 1.807) is 19.2 Å². The highest BCUT2D eigenvalue weighted by Crippen LogP contribution is 2.25. The molecule has 2 aromatic rings. The van der Waals surface area contributed by atoms with E-state index in [2.05, 4.69) is 17.2 Å². The third-order valence-electron chi connectivity index (χ3n) is 3.29. The first-order chi connectivity index (χ1) is 9.19. The maximum absolute atomic E-state index is 14.3. The van der Waals surface area contributed by atoms with Crippen LogP contribution in [0.4, 0.5) is 4.39 Å². The standard InChI is InChI=1S/C15H20FN3/c1-4-17-14(15-18-9-10-19(15)5-2)12-8-6-7-11(3)13(12)16/h6-10,14,17H,4-5H2,1-3H3. The van der Waals surface area contributed by atoms with Crippen molar-refractivity contribution in [1.29, 1.82) is 0 Å². The highest BCUT2D eigenvalue weighted by atomic mass is 19.1. The zero-order valence-electron chi connectivity index (χ0n) is 11.7. The van der Waals surface area contributed by atoms with Crippen LogP contribution < -0.4 is 5.32 Å². The third-order valence-corrected chi connectivity index (χ3v) is 3.29. The number of nitrogens with one attached hydrogen (secondary N) is 1. The van der Waals surface area contributed by atoms with Gasteiger partial charge in [-0.25, -0.2) is 9.37 Å². The first kappa shape index (κ1) is 13.7. The lowest BCUT2D eigenvalue weighted by molar-refractivity contribution is 0.519. The average molecular weight is 261 g/mol. The molecule has 0 aliphatic rings. The van der Waals surface area contributed by atoms with E-state index in [0.29, 0.717) is 11.1 Å². The van der Waals surface area contributed by atoms with Gasteiger partial charge < -0.3 is 9.88 Å². The summed E-state index contributed by atoms with van der Waals surface area (Å²) in [5, 5.41) is 3.32. The van der Waals surface area contributed by atoms with Crippen LogP contribution in [0.15, 0.2) is 30.6 Å². The Bertz CT molecular complexity index is 548. The van der Waals surface area contributed by atoms with E-state index >= 15 is 0 Å². The van der Waals surface area contributed by atoms with Gasteiger partial charge in [-0.2, -0.15) is 0 Å². The van der Waals surface area contributed by atoms with Crippen molar-refractivity contribution in [3.63, 3.8) is 0 Å². The van der Waals surface area contributed by atoms with Crippen molar-refractivity contribution in [3.8, 4) is 0 Å². The molecule has 102 valence electrons. The molecule has 0 aliphatic heterocycles. The molecular weight excluding hydrogens is 241 g/mol. The van der Waals surface area contributed by atoms with Gasteiger partial charge in [0.2, 0.25) is 0 Å². The molecule has 0 saturated carbocycles. The lowest BCUT2D eigenvalue weighted by Crippen LogP contribution is -2.26. The molecule has 1 aromatic heterocycles. The third kappa shape index (κ3) is 2.68. The summed E-state index contributed by atoms with van der Waals surface area (Å²) < 4.78 is 16.4. The van der Waals surface area contributed by atoms with Gasteiger partial charge in [0.1, 0.15) is 11.6 Å². The fourth-order valence-corrected chi connectivity index (χ4v) is 2.29. The van der Waals surface area contributed by atoms with Crippen LogP contribution in [0.25, 0.3) is 0 Å². The normalized spacial score (nSPS) is 12.6. The number of imidazole rings is 1. The second kappa shape index (κ2) is 5.97. The van der Waals surface area contributed by atoms with E-state index in [1.165, 1.54) is 0 Å². The van der Waals surface area contributed by atoms with Gasteiger partial charge in [-0.1, -0.05) is 25.1 Å². The monoisotopic (exact) mass is 261 g/mol. The molecule has 0 aliphatic carbocycles. The van der Waals surface area contributed by atoms with E-state index in [0.717, 1.165) is 18.9 Å². The topological polar surface area (TPSA) is 29.9 Å². The van der Waals surface area contributed by atoms with Crippen molar-refractivity contribution < 1.29 is 4.39 Å². The first-order valence-electron chi connectivity index (χ1n) is 6.68. The molecule has 3 nitrogen and oxygen atoms in total. The van der Waals surface area contributed by atoms with Crippen LogP contribution in [0, 0.1) is 12.7 Å². The van der Waals surface area contributed by atoms with Crippen LogP contribution in [0.5, 0.6) is 0 Å². The number of aromatic nitrogens is 2. The van der Waals surface area contributed by atoms with Gasteiger partial charge in [0.15, 0.2) is 0 Å². The van der Waals surface area contributed by atoms with Crippen LogP contribution in [0.1, 0.15) is 36.8 Å². The quantitative estimate of drug-likeness (QED) is 0.896. The molecule has 0 spiro atoms. The van der Waals surface area contributed by atoms with Gasteiger partial charge in [0.25, 0.3) is 0 Å². The predicted molar refractivity (Wildman–Crippen MR) is 74.6 cm³/mol. The summed E-state index contributed by atoms with van der Waals surface area (Å²) in [6, 6.07) is 5.29. The minimum Gasteiger partial charge on any atom is -0.334 e. The fraction of sp³-hybridized carbons (Fsp3) is 0.400. The van der Waals surface area contributed by atoms with Crippen LogP contribution in [-0.4, -0.2) is 16.1 Å². The molecule has 4 heteroatoms. The molecule has 0 saturated heterocycles. The largest absolute Gasteiger partial charge is 0.334 e. The van der Waals surface area contributed by atoms with E-state index < -0.39 is 0 Å². The Kier molecular flexibility index (Phi) is 4.32. The molecule has 0 bridgehead atoms. The fourth-order valence-electron chi connectivity index (χ4n) is 2.29. The van der Waals surface area contributed by atoms with Crippen molar-refractivity contribution in [1.82, 2.24) is 14.9 Å². The Morgan fingerprint density at radius 1 is 1.37 bits per heavy atom. The van der Waals surface area contributed by atoms with E-state index in [4.69, 9.17) is 0 Å². The lowest BCUT2D eigenvalue weighted by atomic mass is 10.0. The summed E-state index contributed by atoms with van der Waals surface area (Å²) in [5.41, 5.74) is 1.32. The lowest BCUT2D eigenvalue weighted by Gasteiger charge is -2.20. The summed E-state index contributed by atoms with van der Waals surface area (Å²) in [6.45, 7) is 7.44. The van der Waals surface area contributed by atoms with E-state index in [1.807, 2.05) is 29.8 Å². The van der Waals surface area contributed by atoms with Crippen molar-refractivity contribution in [3.05, 3.63) is 53.4 Å². The average Bonchev–Trinajstić information content (AvgIpc) is 2.88. The van der Waals surface area contributed by atoms with Crippen molar-refractivity contribution in [2.75, 3.05) is 6.54 Å². The van der Waals surface area contributed by atoms with E-state index in [-0.39, 0.29) is 11.9 Å². The van der Waals surface area contributed by atoms with Crippen molar-refractivity contribution >= 4 is 0 Å². The molecule has 19 heavy (non-hydrogen) atoms. The van der Waals surface area contributed by atoms with Crippen LogP contribution in [0.2, 0.25) is 0 Å². The first-order valence-corrected chi connectivity index (χ1v) is 6.68. The molecule has 1 aromatic carbocycles. The maximum atomic E-state index is 14.3. The van der Waals surface area contributed by atoms with Crippen LogP contribution in [-0.2, 0) is 6.54 Å². The summed E-state index contributed by atoms with van der Waals surface area (Å²) in [5.74, 6) is 0.702. The molecule has 0 fully saturated rings. The van der Waals surface area contributed by atoms with Gasteiger partial charge in [0.05, 0.1) is 6.04 Å². The van der Waals surface area contributed by atoms with Gasteiger partial charge in [-0.3, -0.25) is 0 Å². The SMILES string of the molecule is CCNC(c1cccc(C)c1F)c1nccn1CC. The minimum absolute atomic E-state index is 0.154. The smallest absolute Gasteiger partial charge is 0.131 e. The Balaban J connectivity index is 2.48. The Labute approximate surface area is 113 Å². The van der Waals surface area contributed by atoms with Crippen LogP contribution in [0.3, 0.4) is 0 Å². The molecule has 1 unspecified atom stereocenters. The van der Waals surface area contributed by atoms with Crippen molar-refractivity contribution in [2.45, 2.75) is 33.4 Å². The second-order valence-corrected chi connectivity index (χ2v) is 4.54. The zero-order valence-corrected chi connectivity index (χ0v) is 11.7. The number of nitrogens with zero attached hydrogens (tertiary/aromatic N) is 2. The van der Waals surface area contributed by atoms with Gasteiger partial charge >= 0.3 is 0 Å². The van der Waals surface area contributed by atoms with Crippen LogP contribution >= 0.6 is 0 Å². The molecule has 1 atom stereocenters. The van der Waals surface area contributed by atoms with Gasteiger partial charge in [0, 0.05) is 24.5 Å². The molecule has 1 N–H and O–H groups in total. The number of aryl methyl sites for hydroxylation is 2. The Hall–Kier alpha value is -1.68. The molecule has 1 heterocycles. The number of benzene rings is 1. The van der Waals surface area contributed by atoms with Gasteiger partial charge in [-0.15, -0.1) is 0 Å². The van der Waals surface area contributed by atoms with Crippen molar-refractivity contribution in [2.24, 2.45) is 0 Å². The number of hydrogen-bond donors (Lipinski definition) is 1. The summed E-state index contributed by atoms with van der Waals surface area (Å²) in [7, 11) is 0. The number of halogens is 1. The summed E-state index contributed by atoms with van der Waals surface area (Å²) in [6.07, 6.45) is 3.68. The molecule has 0 radical (unpaired) electrons. The molecule has 0 amide bonds. The summed E-state index contributed by atoms with van der Waals surface area (Å²) >= 11 is 0. The minimum atomic E-state index is -0.208. The molecule has 2 rings (SSSR count). The Morgan fingerprint density at radius 2 is 2.16 bits per heavy atom. The van der Waals surface area contributed by atoms with E-state index in [9.17, 15) is 4.39 Å². The zero-order chi connectivity index (χ0) is 13.8. The predicted octanol–water partition coefficient (Wildman–Crippen LogP) is 3.05. The van der Waals surface area contributed by atoms with Gasteiger partial charge in [-0.05, 0) is 26.0 Å². The summed E-state index contributed by atoms with van der Waals surface area (Å²) in [4.78, 5) is 4.39. The second-order valence-electron chi connectivity index (χ2n) is 4.54. The molecular formula is C15H20FN3. The number of hydrogen-bond acceptors (Lipinski definition) is 2. The highest BCUT2D eigenvalue weighted by Gasteiger charge is 2.21. The number of rotatable bonds is 5. The Morgan fingerprint density at radius 3 is 2.84 bits per heavy atom.